The third kappa shape index (κ3) is 5.61. The van der Waals surface area contributed by atoms with Crippen molar-refractivity contribution in [3.63, 3.8) is 0 Å². The molecular weight excluding hydrogens is 229 g/mol. The summed E-state index contributed by atoms with van der Waals surface area (Å²) in [5, 5.41) is 3.16. The van der Waals surface area contributed by atoms with Crippen molar-refractivity contribution in [1.82, 2.24) is 5.32 Å². The van der Waals surface area contributed by atoms with Gasteiger partial charge < -0.3 is 10.1 Å². The van der Waals surface area contributed by atoms with Crippen molar-refractivity contribution in [1.29, 1.82) is 0 Å². The highest BCUT2D eigenvalue weighted by molar-refractivity contribution is 5.21. The number of rotatable bonds is 9. The van der Waals surface area contributed by atoms with Crippen molar-refractivity contribution in [2.24, 2.45) is 0 Å². The largest absolute Gasteiger partial charge is 0.381 e. The molecule has 0 fully saturated rings. The molecule has 3 heteroatoms. The molecule has 1 unspecified atom stereocenters. The van der Waals surface area contributed by atoms with Gasteiger partial charge in [0.25, 0.3) is 0 Å². The second kappa shape index (κ2) is 9.06. The fraction of sp³-hybridized carbons (Fsp3) is 0.600. The number of benzene rings is 1. The summed E-state index contributed by atoms with van der Waals surface area (Å²) >= 11 is 0. The lowest BCUT2D eigenvalue weighted by atomic mass is 9.96. The second-order valence-corrected chi connectivity index (χ2v) is 4.56. The maximum Gasteiger partial charge on any atom is 0.123 e. The normalized spacial score (nSPS) is 12.6. The third-order valence-electron chi connectivity index (χ3n) is 3.02. The van der Waals surface area contributed by atoms with Gasteiger partial charge in [-0.25, -0.2) is 4.39 Å². The van der Waals surface area contributed by atoms with Gasteiger partial charge in [-0.2, -0.15) is 0 Å². The SMILES string of the molecule is CCCCOCCC(CNC)c1cccc(F)c1. The molecule has 0 radical (unpaired) electrons. The smallest absolute Gasteiger partial charge is 0.123 e. The minimum absolute atomic E-state index is 0.166. The van der Waals surface area contributed by atoms with E-state index in [1.165, 1.54) is 6.07 Å². The van der Waals surface area contributed by atoms with Crippen molar-refractivity contribution >= 4 is 0 Å². The van der Waals surface area contributed by atoms with Crippen LogP contribution in [0.25, 0.3) is 0 Å². The lowest BCUT2D eigenvalue weighted by molar-refractivity contribution is 0.124. The molecule has 0 bridgehead atoms. The van der Waals surface area contributed by atoms with Crippen LogP contribution < -0.4 is 5.32 Å². The van der Waals surface area contributed by atoms with Crippen LogP contribution in [0, 0.1) is 5.82 Å². The van der Waals surface area contributed by atoms with Gasteiger partial charge in [0.15, 0.2) is 0 Å². The molecule has 1 aromatic carbocycles. The average molecular weight is 253 g/mol. The fourth-order valence-electron chi connectivity index (χ4n) is 1.97. The van der Waals surface area contributed by atoms with Crippen molar-refractivity contribution < 1.29 is 9.13 Å². The molecule has 0 amide bonds. The van der Waals surface area contributed by atoms with E-state index in [4.69, 9.17) is 4.74 Å². The van der Waals surface area contributed by atoms with Crippen molar-refractivity contribution in [2.75, 3.05) is 26.8 Å². The molecule has 18 heavy (non-hydrogen) atoms. The first-order valence-corrected chi connectivity index (χ1v) is 6.75. The Morgan fingerprint density at radius 3 is 2.83 bits per heavy atom. The van der Waals surface area contributed by atoms with Gasteiger partial charge in [-0.1, -0.05) is 25.5 Å². The number of likely N-dealkylation sites (N-methyl/N-ethyl adjacent to an activating group) is 1. The highest BCUT2D eigenvalue weighted by Crippen LogP contribution is 2.19. The van der Waals surface area contributed by atoms with Crippen LogP contribution in [0.15, 0.2) is 24.3 Å². The first-order valence-electron chi connectivity index (χ1n) is 6.75. The van der Waals surface area contributed by atoms with Crippen LogP contribution in [0.3, 0.4) is 0 Å². The molecule has 0 aromatic heterocycles. The zero-order valence-electron chi connectivity index (χ0n) is 11.4. The van der Waals surface area contributed by atoms with Crippen LogP contribution in [0.1, 0.15) is 37.7 Å². The minimum atomic E-state index is -0.166. The van der Waals surface area contributed by atoms with Gasteiger partial charge >= 0.3 is 0 Å². The van der Waals surface area contributed by atoms with E-state index in [1.54, 1.807) is 12.1 Å². The molecule has 1 aromatic rings. The molecule has 0 saturated heterocycles. The molecule has 1 atom stereocenters. The van der Waals surface area contributed by atoms with E-state index in [0.29, 0.717) is 5.92 Å². The Kier molecular flexibility index (Phi) is 7.62. The average Bonchev–Trinajstić information content (AvgIpc) is 2.37. The quantitative estimate of drug-likeness (QED) is 0.682. The van der Waals surface area contributed by atoms with E-state index in [2.05, 4.69) is 12.2 Å². The summed E-state index contributed by atoms with van der Waals surface area (Å²) in [6.07, 6.45) is 3.19. The number of nitrogens with one attached hydrogen (secondary N) is 1. The van der Waals surface area contributed by atoms with Crippen molar-refractivity contribution in [3.05, 3.63) is 35.6 Å². The number of ether oxygens (including phenoxy) is 1. The van der Waals surface area contributed by atoms with Gasteiger partial charge in [0.1, 0.15) is 5.82 Å². The Morgan fingerprint density at radius 1 is 1.33 bits per heavy atom. The standard InChI is InChI=1S/C15H24FNO/c1-3-4-9-18-10-8-14(12-17-2)13-6-5-7-15(16)11-13/h5-7,11,14,17H,3-4,8-10,12H2,1-2H3. The zero-order chi connectivity index (χ0) is 13.2. The number of hydrogen-bond acceptors (Lipinski definition) is 2. The lowest BCUT2D eigenvalue weighted by Crippen LogP contribution is -2.19. The van der Waals surface area contributed by atoms with Gasteiger partial charge in [-0.15, -0.1) is 0 Å². The number of unbranched alkanes of at least 4 members (excludes halogenated alkanes) is 1. The van der Waals surface area contributed by atoms with Gasteiger partial charge in [0, 0.05) is 19.8 Å². The Hall–Kier alpha value is -0.930. The number of halogens is 1. The molecular formula is C15H24FNO. The first-order chi connectivity index (χ1) is 8.77. The highest BCUT2D eigenvalue weighted by Gasteiger charge is 2.11. The maximum atomic E-state index is 13.2. The van der Waals surface area contributed by atoms with E-state index in [-0.39, 0.29) is 5.82 Å². The van der Waals surface area contributed by atoms with Crippen LogP contribution in [-0.4, -0.2) is 26.8 Å². The summed E-state index contributed by atoms with van der Waals surface area (Å²) in [7, 11) is 1.92. The molecule has 1 rings (SSSR count). The minimum Gasteiger partial charge on any atom is -0.381 e. The van der Waals surface area contributed by atoms with Crippen molar-refractivity contribution in [3.8, 4) is 0 Å². The van der Waals surface area contributed by atoms with Crippen LogP contribution in [0.2, 0.25) is 0 Å². The summed E-state index contributed by atoms with van der Waals surface area (Å²) in [6.45, 7) is 4.56. The van der Waals surface area contributed by atoms with Crippen LogP contribution >= 0.6 is 0 Å². The molecule has 0 aliphatic carbocycles. The predicted octanol–water partition coefficient (Wildman–Crippen LogP) is 3.34. The first kappa shape index (κ1) is 15.1. The summed E-state index contributed by atoms with van der Waals surface area (Å²) in [4.78, 5) is 0. The van der Waals surface area contributed by atoms with Gasteiger partial charge in [0.05, 0.1) is 0 Å². The summed E-state index contributed by atoms with van der Waals surface area (Å²) in [6, 6.07) is 6.86. The van der Waals surface area contributed by atoms with Gasteiger partial charge in [0.2, 0.25) is 0 Å². The lowest BCUT2D eigenvalue weighted by Gasteiger charge is -2.17. The topological polar surface area (TPSA) is 21.3 Å². The van der Waals surface area contributed by atoms with Crippen LogP contribution in [0.5, 0.6) is 0 Å². The molecule has 0 aliphatic rings. The number of hydrogen-bond donors (Lipinski definition) is 1. The monoisotopic (exact) mass is 253 g/mol. The Labute approximate surface area is 110 Å². The molecule has 0 aliphatic heterocycles. The molecule has 0 spiro atoms. The van der Waals surface area contributed by atoms with E-state index in [9.17, 15) is 4.39 Å². The molecule has 2 nitrogen and oxygen atoms in total. The van der Waals surface area contributed by atoms with E-state index in [0.717, 1.165) is 44.6 Å². The van der Waals surface area contributed by atoms with Gasteiger partial charge in [-0.3, -0.25) is 0 Å². The summed E-state index contributed by atoms with van der Waals surface area (Å²) in [5.74, 6) is 0.146. The predicted molar refractivity (Wildman–Crippen MR) is 73.4 cm³/mol. The van der Waals surface area contributed by atoms with E-state index in [1.807, 2.05) is 13.1 Å². The third-order valence-corrected chi connectivity index (χ3v) is 3.02. The van der Waals surface area contributed by atoms with Crippen LogP contribution in [-0.2, 0) is 4.74 Å². The Bertz CT molecular complexity index is 330. The van der Waals surface area contributed by atoms with Crippen LogP contribution in [0.4, 0.5) is 4.39 Å². The Balaban J connectivity index is 2.44. The van der Waals surface area contributed by atoms with E-state index < -0.39 is 0 Å². The molecule has 102 valence electrons. The summed E-state index contributed by atoms with van der Waals surface area (Å²) in [5.41, 5.74) is 1.04. The molecule has 0 heterocycles. The zero-order valence-corrected chi connectivity index (χ0v) is 11.4. The molecule has 1 N–H and O–H groups in total. The maximum absolute atomic E-state index is 13.2. The highest BCUT2D eigenvalue weighted by atomic mass is 19.1. The van der Waals surface area contributed by atoms with Crippen molar-refractivity contribution in [2.45, 2.75) is 32.1 Å². The van der Waals surface area contributed by atoms with Gasteiger partial charge in [-0.05, 0) is 43.5 Å². The summed E-state index contributed by atoms with van der Waals surface area (Å²) < 4.78 is 18.8. The van der Waals surface area contributed by atoms with E-state index >= 15 is 0 Å². The molecule has 0 saturated carbocycles. The fourth-order valence-corrected chi connectivity index (χ4v) is 1.97. The Morgan fingerprint density at radius 2 is 2.17 bits per heavy atom. The second-order valence-electron chi connectivity index (χ2n) is 4.56.